The SMILES string of the molecule is O=C(NC1CCC1c1ncccc1Cl)c1ccccc1C(F)(F)F. The molecule has 1 fully saturated rings. The van der Waals surface area contributed by atoms with Gasteiger partial charge in [-0.3, -0.25) is 9.78 Å². The van der Waals surface area contributed by atoms with Gasteiger partial charge in [-0.05, 0) is 37.1 Å². The molecule has 0 aliphatic heterocycles. The van der Waals surface area contributed by atoms with Crippen LogP contribution < -0.4 is 5.32 Å². The first kappa shape index (κ1) is 16.8. The molecule has 2 aromatic rings. The maximum atomic E-state index is 13.0. The summed E-state index contributed by atoms with van der Waals surface area (Å²) in [6, 6.07) is 7.91. The Bertz CT molecular complexity index is 763. The lowest BCUT2D eigenvalue weighted by Crippen LogP contribution is -2.46. The third kappa shape index (κ3) is 3.24. The number of hydrogen-bond donors (Lipinski definition) is 1. The summed E-state index contributed by atoms with van der Waals surface area (Å²) in [5.74, 6) is -0.814. The van der Waals surface area contributed by atoms with Crippen LogP contribution in [0, 0.1) is 0 Å². The topological polar surface area (TPSA) is 42.0 Å². The molecule has 1 saturated carbocycles. The molecule has 2 atom stereocenters. The first-order valence-corrected chi connectivity index (χ1v) is 7.83. The van der Waals surface area contributed by atoms with Crippen molar-refractivity contribution in [3.05, 3.63) is 64.4 Å². The lowest BCUT2D eigenvalue weighted by Gasteiger charge is -2.37. The number of carbonyl (C=O) groups excluding carboxylic acids is 1. The maximum absolute atomic E-state index is 13.0. The summed E-state index contributed by atoms with van der Waals surface area (Å²) in [5, 5.41) is 3.18. The van der Waals surface area contributed by atoms with Crippen LogP contribution in [0.2, 0.25) is 5.02 Å². The van der Waals surface area contributed by atoms with Crippen molar-refractivity contribution in [2.75, 3.05) is 0 Å². The molecule has 1 aromatic carbocycles. The van der Waals surface area contributed by atoms with Crippen LogP contribution >= 0.6 is 11.6 Å². The first-order valence-electron chi connectivity index (χ1n) is 7.45. The average molecular weight is 355 g/mol. The monoisotopic (exact) mass is 354 g/mol. The number of carbonyl (C=O) groups is 1. The fourth-order valence-corrected chi connectivity index (χ4v) is 3.11. The van der Waals surface area contributed by atoms with Crippen LogP contribution in [0.25, 0.3) is 0 Å². The van der Waals surface area contributed by atoms with Crippen molar-refractivity contribution in [3.63, 3.8) is 0 Å². The molecule has 2 unspecified atom stereocenters. The largest absolute Gasteiger partial charge is 0.417 e. The number of halogens is 4. The van der Waals surface area contributed by atoms with E-state index in [1.807, 2.05) is 0 Å². The van der Waals surface area contributed by atoms with Gasteiger partial charge in [0.2, 0.25) is 0 Å². The number of aromatic nitrogens is 1. The van der Waals surface area contributed by atoms with Crippen LogP contribution in [0.1, 0.15) is 40.4 Å². The van der Waals surface area contributed by atoms with Crippen molar-refractivity contribution in [2.45, 2.75) is 31.0 Å². The Hall–Kier alpha value is -2.08. The van der Waals surface area contributed by atoms with E-state index in [1.54, 1.807) is 18.3 Å². The number of pyridine rings is 1. The van der Waals surface area contributed by atoms with E-state index >= 15 is 0 Å². The first-order chi connectivity index (χ1) is 11.4. The Kier molecular flexibility index (Phi) is 4.49. The number of rotatable bonds is 3. The normalized spacial score (nSPS) is 20.3. The molecule has 1 aliphatic rings. The van der Waals surface area contributed by atoms with Gasteiger partial charge in [0.1, 0.15) is 0 Å². The fraction of sp³-hybridized carbons (Fsp3) is 0.294. The number of hydrogen-bond acceptors (Lipinski definition) is 2. The summed E-state index contributed by atoms with van der Waals surface area (Å²) < 4.78 is 39.1. The molecule has 1 heterocycles. The molecule has 0 saturated heterocycles. The van der Waals surface area contributed by atoms with Crippen LogP contribution in [0.15, 0.2) is 42.6 Å². The van der Waals surface area contributed by atoms with Gasteiger partial charge in [-0.1, -0.05) is 23.7 Å². The zero-order valence-corrected chi connectivity index (χ0v) is 13.2. The second-order valence-corrected chi connectivity index (χ2v) is 6.08. The Balaban J connectivity index is 1.78. The third-order valence-corrected chi connectivity index (χ3v) is 4.53. The predicted molar refractivity (Wildman–Crippen MR) is 83.9 cm³/mol. The quantitative estimate of drug-likeness (QED) is 0.886. The highest BCUT2D eigenvalue weighted by Crippen LogP contribution is 2.39. The lowest BCUT2D eigenvalue weighted by atomic mass is 9.77. The van der Waals surface area contributed by atoms with Gasteiger partial charge in [-0.25, -0.2) is 0 Å². The van der Waals surface area contributed by atoms with Gasteiger partial charge in [0.05, 0.1) is 21.8 Å². The van der Waals surface area contributed by atoms with E-state index in [-0.39, 0.29) is 17.5 Å². The molecule has 24 heavy (non-hydrogen) atoms. The van der Waals surface area contributed by atoms with Crippen molar-refractivity contribution in [1.82, 2.24) is 10.3 Å². The van der Waals surface area contributed by atoms with E-state index in [1.165, 1.54) is 18.2 Å². The second kappa shape index (κ2) is 6.43. The number of benzene rings is 1. The molecule has 1 N–H and O–H groups in total. The van der Waals surface area contributed by atoms with Crippen molar-refractivity contribution in [2.24, 2.45) is 0 Å². The predicted octanol–water partition coefficient (Wildman–Crippen LogP) is 4.43. The van der Waals surface area contributed by atoms with Crippen LogP contribution in [-0.4, -0.2) is 16.9 Å². The second-order valence-electron chi connectivity index (χ2n) is 5.68. The van der Waals surface area contributed by atoms with Gasteiger partial charge < -0.3 is 5.32 Å². The van der Waals surface area contributed by atoms with Crippen molar-refractivity contribution in [3.8, 4) is 0 Å². The number of nitrogens with one attached hydrogen (secondary N) is 1. The summed E-state index contributed by atoms with van der Waals surface area (Å²) in [6.07, 6.45) is -1.51. The van der Waals surface area contributed by atoms with Gasteiger partial charge in [-0.2, -0.15) is 13.2 Å². The molecule has 0 radical (unpaired) electrons. The van der Waals surface area contributed by atoms with E-state index in [0.29, 0.717) is 17.1 Å². The third-order valence-electron chi connectivity index (χ3n) is 4.21. The smallest absolute Gasteiger partial charge is 0.349 e. The maximum Gasteiger partial charge on any atom is 0.417 e. The number of nitrogens with zero attached hydrogens (tertiary/aromatic N) is 1. The molecule has 0 bridgehead atoms. The van der Waals surface area contributed by atoms with Crippen LogP contribution in [0.5, 0.6) is 0 Å². The van der Waals surface area contributed by atoms with Gasteiger partial charge in [-0.15, -0.1) is 0 Å². The van der Waals surface area contributed by atoms with E-state index in [9.17, 15) is 18.0 Å². The minimum Gasteiger partial charge on any atom is -0.349 e. The van der Waals surface area contributed by atoms with E-state index in [2.05, 4.69) is 10.3 Å². The zero-order chi connectivity index (χ0) is 17.3. The number of amides is 1. The van der Waals surface area contributed by atoms with Crippen molar-refractivity contribution in [1.29, 1.82) is 0 Å². The van der Waals surface area contributed by atoms with Gasteiger partial charge >= 0.3 is 6.18 Å². The summed E-state index contributed by atoms with van der Waals surface area (Å²) in [7, 11) is 0. The average Bonchev–Trinajstić information content (AvgIpc) is 2.52. The summed E-state index contributed by atoms with van der Waals surface area (Å²) in [5.41, 5.74) is -0.642. The van der Waals surface area contributed by atoms with Crippen molar-refractivity contribution >= 4 is 17.5 Å². The zero-order valence-electron chi connectivity index (χ0n) is 12.5. The summed E-state index contributed by atoms with van der Waals surface area (Å²) in [4.78, 5) is 16.5. The van der Waals surface area contributed by atoms with Crippen LogP contribution in [-0.2, 0) is 6.18 Å². The Morgan fingerprint density at radius 2 is 1.92 bits per heavy atom. The molecular weight excluding hydrogens is 341 g/mol. The molecule has 7 heteroatoms. The number of alkyl halides is 3. The standard InChI is InChI=1S/C17H14ClF3N2O/c18-13-6-3-9-22-15(13)11-7-8-14(11)23-16(24)10-4-1-2-5-12(10)17(19,20)21/h1-6,9,11,14H,7-8H2,(H,23,24). The van der Waals surface area contributed by atoms with Gasteiger partial charge in [0.15, 0.2) is 0 Å². The summed E-state index contributed by atoms with van der Waals surface area (Å²) in [6.45, 7) is 0. The Labute approximate surface area is 141 Å². The molecule has 126 valence electrons. The lowest BCUT2D eigenvalue weighted by molar-refractivity contribution is -0.137. The van der Waals surface area contributed by atoms with Gasteiger partial charge in [0.25, 0.3) is 5.91 Å². The van der Waals surface area contributed by atoms with Gasteiger partial charge in [0, 0.05) is 18.2 Å². The van der Waals surface area contributed by atoms with E-state index in [4.69, 9.17) is 11.6 Å². The Morgan fingerprint density at radius 1 is 1.17 bits per heavy atom. The van der Waals surface area contributed by atoms with Crippen LogP contribution in [0.3, 0.4) is 0 Å². The summed E-state index contributed by atoms with van der Waals surface area (Å²) >= 11 is 6.11. The highest BCUT2D eigenvalue weighted by atomic mass is 35.5. The molecule has 3 rings (SSSR count). The van der Waals surface area contributed by atoms with E-state index < -0.39 is 17.6 Å². The minimum absolute atomic E-state index is 0.0827. The molecule has 1 aliphatic carbocycles. The van der Waals surface area contributed by atoms with E-state index in [0.717, 1.165) is 12.5 Å². The highest BCUT2D eigenvalue weighted by molar-refractivity contribution is 6.31. The minimum atomic E-state index is -4.57. The Morgan fingerprint density at radius 3 is 2.54 bits per heavy atom. The fourth-order valence-electron chi connectivity index (χ4n) is 2.85. The molecule has 3 nitrogen and oxygen atoms in total. The molecule has 0 spiro atoms. The molecule has 1 aromatic heterocycles. The molecular formula is C17H14ClF3N2O. The van der Waals surface area contributed by atoms with Crippen LogP contribution in [0.4, 0.5) is 13.2 Å². The van der Waals surface area contributed by atoms with Crippen molar-refractivity contribution < 1.29 is 18.0 Å². The molecule has 1 amide bonds. The highest BCUT2D eigenvalue weighted by Gasteiger charge is 2.38.